The number of hydrogen-bond acceptors (Lipinski definition) is 5. The molecule has 0 aliphatic heterocycles. The van der Waals surface area contributed by atoms with Gasteiger partial charge in [0.2, 0.25) is 0 Å². The van der Waals surface area contributed by atoms with E-state index in [1.165, 1.54) is 29.7 Å². The quantitative estimate of drug-likeness (QED) is 0.555. The molecule has 0 aliphatic carbocycles. The van der Waals surface area contributed by atoms with Crippen LogP contribution < -0.4 is 5.32 Å². The average molecular weight is 412 g/mol. The second-order valence-corrected chi connectivity index (χ2v) is 7.66. The van der Waals surface area contributed by atoms with E-state index in [0.29, 0.717) is 16.6 Å². The summed E-state index contributed by atoms with van der Waals surface area (Å²) in [7, 11) is 0. The van der Waals surface area contributed by atoms with Gasteiger partial charge in [-0.15, -0.1) is 11.3 Å². The SMILES string of the molecule is O=C(Nc1ncc(Cc2cccc(Cl)c2)s1)c1cccnc1SC(F)F. The van der Waals surface area contributed by atoms with Crippen molar-refractivity contribution in [1.82, 2.24) is 9.97 Å². The number of thioether (sulfide) groups is 1. The molecule has 2 heterocycles. The van der Waals surface area contributed by atoms with Crippen LogP contribution in [0.4, 0.5) is 13.9 Å². The Morgan fingerprint density at radius 1 is 1.27 bits per heavy atom. The molecule has 134 valence electrons. The number of pyridine rings is 1. The number of alkyl halides is 2. The van der Waals surface area contributed by atoms with Crippen molar-refractivity contribution >= 4 is 45.7 Å². The highest BCUT2D eigenvalue weighted by Gasteiger charge is 2.17. The van der Waals surface area contributed by atoms with Gasteiger partial charge in [0.1, 0.15) is 5.03 Å². The lowest BCUT2D eigenvalue weighted by Crippen LogP contribution is -2.13. The fourth-order valence-corrected chi connectivity index (χ4v) is 3.83. The van der Waals surface area contributed by atoms with Crippen LogP contribution in [0.1, 0.15) is 20.8 Å². The molecule has 3 rings (SSSR count). The predicted octanol–water partition coefficient (Wildman–Crippen LogP) is 5.35. The highest BCUT2D eigenvalue weighted by Crippen LogP contribution is 2.28. The lowest BCUT2D eigenvalue weighted by Gasteiger charge is -2.06. The van der Waals surface area contributed by atoms with Crippen LogP contribution >= 0.6 is 34.7 Å². The third-order valence-electron chi connectivity index (χ3n) is 3.26. The Morgan fingerprint density at radius 3 is 2.88 bits per heavy atom. The van der Waals surface area contributed by atoms with Gasteiger partial charge >= 0.3 is 0 Å². The topological polar surface area (TPSA) is 54.9 Å². The summed E-state index contributed by atoms with van der Waals surface area (Å²) in [6.07, 6.45) is 3.67. The summed E-state index contributed by atoms with van der Waals surface area (Å²) >= 11 is 7.53. The summed E-state index contributed by atoms with van der Waals surface area (Å²) in [5.74, 6) is -3.18. The van der Waals surface area contributed by atoms with E-state index >= 15 is 0 Å². The third kappa shape index (κ3) is 5.00. The van der Waals surface area contributed by atoms with Gasteiger partial charge in [0.05, 0.1) is 5.56 Å². The molecule has 0 spiro atoms. The molecule has 0 fully saturated rings. The number of hydrogen-bond donors (Lipinski definition) is 1. The van der Waals surface area contributed by atoms with Crippen LogP contribution in [0.25, 0.3) is 0 Å². The van der Waals surface area contributed by atoms with Crippen molar-refractivity contribution in [3.05, 3.63) is 69.8 Å². The number of aromatic nitrogens is 2. The first-order chi connectivity index (χ1) is 12.5. The van der Waals surface area contributed by atoms with E-state index in [0.717, 1.165) is 10.4 Å². The number of amides is 1. The van der Waals surface area contributed by atoms with Crippen molar-refractivity contribution in [2.24, 2.45) is 0 Å². The van der Waals surface area contributed by atoms with Gasteiger partial charge in [0.15, 0.2) is 5.13 Å². The van der Waals surface area contributed by atoms with Crippen molar-refractivity contribution in [3.63, 3.8) is 0 Å². The number of nitrogens with one attached hydrogen (secondary N) is 1. The van der Waals surface area contributed by atoms with Crippen molar-refractivity contribution in [1.29, 1.82) is 0 Å². The number of rotatable bonds is 6. The zero-order valence-electron chi connectivity index (χ0n) is 13.2. The summed E-state index contributed by atoms with van der Waals surface area (Å²) in [6.45, 7) is 0. The van der Waals surface area contributed by atoms with Gasteiger partial charge in [-0.1, -0.05) is 23.7 Å². The molecule has 0 aliphatic rings. The van der Waals surface area contributed by atoms with E-state index in [-0.39, 0.29) is 22.4 Å². The van der Waals surface area contributed by atoms with E-state index in [1.54, 1.807) is 12.3 Å². The van der Waals surface area contributed by atoms with Crippen LogP contribution in [0.3, 0.4) is 0 Å². The molecule has 26 heavy (non-hydrogen) atoms. The average Bonchev–Trinajstić information content (AvgIpc) is 3.01. The predicted molar refractivity (Wildman–Crippen MR) is 100 cm³/mol. The molecule has 1 N–H and O–H groups in total. The first-order valence-electron chi connectivity index (χ1n) is 7.41. The molecular formula is C17H12ClF2N3OS2. The second kappa shape index (κ2) is 8.57. The Bertz CT molecular complexity index is 920. The molecule has 2 aromatic heterocycles. The normalized spacial score (nSPS) is 10.9. The monoisotopic (exact) mass is 411 g/mol. The highest BCUT2D eigenvalue weighted by molar-refractivity contribution is 7.99. The largest absolute Gasteiger partial charge is 0.298 e. The molecule has 1 amide bonds. The van der Waals surface area contributed by atoms with Crippen molar-refractivity contribution in [2.45, 2.75) is 17.2 Å². The number of nitrogens with zero attached hydrogens (tertiary/aromatic N) is 2. The first kappa shape index (κ1) is 18.8. The minimum absolute atomic E-state index is 0.0179. The van der Waals surface area contributed by atoms with E-state index in [4.69, 9.17) is 11.6 Å². The van der Waals surface area contributed by atoms with E-state index < -0.39 is 11.7 Å². The molecule has 4 nitrogen and oxygen atoms in total. The van der Waals surface area contributed by atoms with E-state index in [2.05, 4.69) is 15.3 Å². The highest BCUT2D eigenvalue weighted by atomic mass is 35.5. The molecule has 0 saturated carbocycles. The van der Waals surface area contributed by atoms with E-state index in [1.807, 2.05) is 18.2 Å². The molecular weight excluding hydrogens is 400 g/mol. The molecule has 9 heteroatoms. The molecule has 0 radical (unpaired) electrons. The van der Waals surface area contributed by atoms with Gasteiger partial charge < -0.3 is 0 Å². The van der Waals surface area contributed by atoms with Crippen LogP contribution in [0.2, 0.25) is 5.02 Å². The summed E-state index contributed by atoms with van der Waals surface area (Å²) in [5, 5.41) is 3.66. The summed E-state index contributed by atoms with van der Waals surface area (Å²) < 4.78 is 25.2. The maximum atomic E-state index is 12.6. The van der Waals surface area contributed by atoms with Crippen molar-refractivity contribution < 1.29 is 13.6 Å². The molecule has 0 saturated heterocycles. The van der Waals surface area contributed by atoms with Gasteiger partial charge in [-0.25, -0.2) is 9.97 Å². The Hall–Kier alpha value is -2.03. The van der Waals surface area contributed by atoms with Crippen LogP contribution in [0.15, 0.2) is 53.8 Å². The fraction of sp³-hybridized carbons (Fsp3) is 0.118. The summed E-state index contributed by atoms with van der Waals surface area (Å²) in [4.78, 5) is 21.3. The Balaban J connectivity index is 1.70. The van der Waals surface area contributed by atoms with Gasteiger partial charge in [-0.2, -0.15) is 8.78 Å². The Labute approximate surface area is 161 Å². The maximum absolute atomic E-state index is 12.6. The number of anilines is 1. The molecule has 3 aromatic rings. The van der Waals surface area contributed by atoms with Gasteiger partial charge in [-0.3, -0.25) is 10.1 Å². The molecule has 0 atom stereocenters. The number of carbonyl (C=O) groups is 1. The minimum atomic E-state index is -2.65. The first-order valence-corrected chi connectivity index (χ1v) is 9.49. The second-order valence-electron chi connectivity index (χ2n) is 5.13. The standard InChI is InChI=1S/C17H12ClF2N3OS2/c18-11-4-1-3-10(7-11)8-12-9-22-17(25-12)23-14(24)13-5-2-6-21-15(13)26-16(19)20/h1-7,9,16H,8H2,(H,22,23,24). The van der Waals surface area contributed by atoms with Gasteiger partial charge in [-0.05, 0) is 41.6 Å². The molecule has 0 unspecified atom stereocenters. The lowest BCUT2D eigenvalue weighted by molar-refractivity contribution is 0.102. The zero-order chi connectivity index (χ0) is 18.5. The Kier molecular flexibility index (Phi) is 6.18. The molecule has 0 bridgehead atoms. The van der Waals surface area contributed by atoms with Crippen molar-refractivity contribution in [3.8, 4) is 0 Å². The van der Waals surface area contributed by atoms with Crippen LogP contribution in [0, 0.1) is 0 Å². The smallest absolute Gasteiger partial charge is 0.290 e. The zero-order valence-corrected chi connectivity index (χ0v) is 15.5. The minimum Gasteiger partial charge on any atom is -0.298 e. The van der Waals surface area contributed by atoms with Gasteiger partial charge in [0.25, 0.3) is 11.7 Å². The summed E-state index contributed by atoms with van der Waals surface area (Å²) in [5.41, 5.74) is 1.12. The van der Waals surface area contributed by atoms with Crippen LogP contribution in [-0.4, -0.2) is 21.6 Å². The van der Waals surface area contributed by atoms with Crippen LogP contribution in [-0.2, 0) is 6.42 Å². The summed E-state index contributed by atoms with van der Waals surface area (Å²) in [6, 6.07) is 10.5. The fourth-order valence-electron chi connectivity index (χ4n) is 2.20. The third-order valence-corrected chi connectivity index (χ3v) is 5.13. The number of thiazole rings is 1. The lowest BCUT2D eigenvalue weighted by atomic mass is 10.1. The number of carbonyl (C=O) groups excluding carboxylic acids is 1. The van der Waals surface area contributed by atoms with Crippen LogP contribution in [0.5, 0.6) is 0 Å². The van der Waals surface area contributed by atoms with Gasteiger partial charge in [0, 0.05) is 28.7 Å². The van der Waals surface area contributed by atoms with E-state index in [9.17, 15) is 13.6 Å². The maximum Gasteiger partial charge on any atom is 0.290 e. The number of benzene rings is 1. The number of halogens is 3. The Morgan fingerprint density at radius 2 is 2.12 bits per heavy atom. The van der Waals surface area contributed by atoms with Crippen molar-refractivity contribution in [2.75, 3.05) is 5.32 Å². The molecule has 1 aromatic carbocycles.